The number of nitrogens with one attached hydrogen (secondary N) is 1. The molecule has 0 spiro atoms. The Morgan fingerprint density at radius 1 is 1.40 bits per heavy atom. The van der Waals surface area contributed by atoms with Gasteiger partial charge < -0.3 is 10.2 Å². The van der Waals surface area contributed by atoms with E-state index < -0.39 is 0 Å². The molecule has 1 aliphatic rings. The molecular weight excluding hydrogens is 204 g/mol. The Morgan fingerprint density at radius 3 is 2.93 bits per heavy atom. The average molecular weight is 222 g/mol. The van der Waals surface area contributed by atoms with Crippen LogP contribution in [-0.2, 0) is 0 Å². The molecule has 1 N–H and O–H groups in total. The van der Waals surface area contributed by atoms with Gasteiger partial charge in [0.05, 0.1) is 5.69 Å². The Kier molecular flexibility index (Phi) is 3.54. The van der Waals surface area contributed by atoms with Crippen LogP contribution in [-0.4, -0.2) is 31.9 Å². The van der Waals surface area contributed by atoms with Crippen LogP contribution >= 0.6 is 11.8 Å². The monoisotopic (exact) mass is 222 g/mol. The first kappa shape index (κ1) is 10.8. The quantitative estimate of drug-likeness (QED) is 0.772. The van der Waals surface area contributed by atoms with Crippen LogP contribution in [0.3, 0.4) is 0 Å². The molecule has 2 nitrogen and oxygen atoms in total. The van der Waals surface area contributed by atoms with E-state index >= 15 is 0 Å². The Labute approximate surface area is 96.0 Å². The summed E-state index contributed by atoms with van der Waals surface area (Å²) in [6.45, 7) is 5.57. The van der Waals surface area contributed by atoms with Crippen LogP contribution < -0.4 is 10.2 Å². The maximum atomic E-state index is 3.42. The van der Waals surface area contributed by atoms with Gasteiger partial charge in [0.15, 0.2) is 0 Å². The van der Waals surface area contributed by atoms with E-state index in [4.69, 9.17) is 0 Å². The number of rotatable bonds is 2. The molecule has 3 heteroatoms. The number of hydrogen-bond acceptors (Lipinski definition) is 3. The number of para-hydroxylation sites is 1. The molecule has 0 radical (unpaired) electrons. The van der Waals surface area contributed by atoms with Gasteiger partial charge in [-0.25, -0.2) is 0 Å². The fourth-order valence-corrected chi connectivity index (χ4v) is 2.68. The zero-order valence-corrected chi connectivity index (χ0v) is 10.2. The minimum Gasteiger partial charge on any atom is -0.365 e. The predicted molar refractivity (Wildman–Crippen MR) is 67.9 cm³/mol. The number of thioether (sulfide) groups is 1. The summed E-state index contributed by atoms with van der Waals surface area (Å²) in [6.07, 6.45) is 2.14. The van der Waals surface area contributed by atoms with Crippen molar-refractivity contribution in [2.24, 2.45) is 0 Å². The second kappa shape index (κ2) is 4.90. The minimum atomic E-state index is 0.590. The average Bonchev–Trinajstić information content (AvgIpc) is 2.30. The summed E-state index contributed by atoms with van der Waals surface area (Å²) in [4.78, 5) is 3.88. The molecule has 0 bridgehead atoms. The highest BCUT2D eigenvalue weighted by atomic mass is 32.2. The van der Waals surface area contributed by atoms with E-state index in [9.17, 15) is 0 Å². The molecule has 1 unspecified atom stereocenters. The van der Waals surface area contributed by atoms with Crippen LogP contribution in [0.1, 0.15) is 6.92 Å². The second-order valence-electron chi connectivity index (χ2n) is 3.92. The molecule has 1 aromatic carbocycles. The summed E-state index contributed by atoms with van der Waals surface area (Å²) < 4.78 is 0. The molecular formula is C12H18N2S. The largest absolute Gasteiger partial charge is 0.365 e. The lowest BCUT2D eigenvalue weighted by Gasteiger charge is -2.36. The molecule has 82 valence electrons. The summed E-state index contributed by atoms with van der Waals surface area (Å²) >= 11 is 1.83. The van der Waals surface area contributed by atoms with Gasteiger partial charge >= 0.3 is 0 Å². The Bertz CT molecular complexity index is 327. The third-order valence-corrected chi connectivity index (χ3v) is 3.68. The normalized spacial score (nSPS) is 21.7. The SMILES string of the molecule is CSc1ccccc1N1CCNCC1C. The lowest BCUT2D eigenvalue weighted by atomic mass is 10.2. The van der Waals surface area contributed by atoms with Gasteiger partial charge in [-0.05, 0) is 25.3 Å². The van der Waals surface area contributed by atoms with Crippen molar-refractivity contribution in [3.63, 3.8) is 0 Å². The Morgan fingerprint density at radius 2 is 2.20 bits per heavy atom. The van der Waals surface area contributed by atoms with Crippen molar-refractivity contribution < 1.29 is 0 Å². The summed E-state index contributed by atoms with van der Waals surface area (Å²) in [6, 6.07) is 9.26. The van der Waals surface area contributed by atoms with Crippen molar-refractivity contribution in [1.82, 2.24) is 5.32 Å². The third-order valence-electron chi connectivity index (χ3n) is 2.90. The van der Waals surface area contributed by atoms with Gasteiger partial charge in [-0.2, -0.15) is 0 Å². The molecule has 0 aromatic heterocycles. The van der Waals surface area contributed by atoms with E-state index in [1.54, 1.807) is 0 Å². The van der Waals surface area contributed by atoms with E-state index in [0.29, 0.717) is 6.04 Å². The van der Waals surface area contributed by atoms with Crippen molar-refractivity contribution in [2.75, 3.05) is 30.8 Å². The van der Waals surface area contributed by atoms with Crippen LogP contribution in [0.25, 0.3) is 0 Å². The number of anilines is 1. The standard InChI is InChI=1S/C12H18N2S/c1-10-9-13-7-8-14(10)11-5-3-4-6-12(11)15-2/h3-6,10,13H,7-9H2,1-2H3. The van der Waals surface area contributed by atoms with Crippen molar-refractivity contribution in [2.45, 2.75) is 17.9 Å². The molecule has 0 aliphatic carbocycles. The van der Waals surface area contributed by atoms with E-state index in [-0.39, 0.29) is 0 Å². The Balaban J connectivity index is 2.26. The van der Waals surface area contributed by atoms with Crippen LogP contribution in [0.5, 0.6) is 0 Å². The molecule has 0 saturated carbocycles. The fourth-order valence-electron chi connectivity index (χ4n) is 2.07. The van der Waals surface area contributed by atoms with Gasteiger partial charge in [0, 0.05) is 30.6 Å². The first-order valence-electron chi connectivity index (χ1n) is 5.43. The molecule has 1 aliphatic heterocycles. The predicted octanol–water partition coefficient (Wildman–Crippen LogP) is 2.21. The highest BCUT2D eigenvalue weighted by Gasteiger charge is 2.19. The van der Waals surface area contributed by atoms with Crippen LogP contribution in [0, 0.1) is 0 Å². The molecule has 0 amide bonds. The molecule has 2 rings (SSSR count). The second-order valence-corrected chi connectivity index (χ2v) is 4.77. The zero-order valence-electron chi connectivity index (χ0n) is 9.36. The van der Waals surface area contributed by atoms with Gasteiger partial charge in [-0.1, -0.05) is 12.1 Å². The first-order chi connectivity index (χ1) is 7.33. The van der Waals surface area contributed by atoms with Crippen LogP contribution in [0.2, 0.25) is 0 Å². The number of hydrogen-bond donors (Lipinski definition) is 1. The molecule has 1 heterocycles. The van der Waals surface area contributed by atoms with Gasteiger partial charge in [0.25, 0.3) is 0 Å². The highest BCUT2D eigenvalue weighted by molar-refractivity contribution is 7.98. The van der Waals surface area contributed by atoms with E-state index in [1.165, 1.54) is 10.6 Å². The van der Waals surface area contributed by atoms with Crippen LogP contribution in [0.15, 0.2) is 29.2 Å². The summed E-state index contributed by atoms with van der Waals surface area (Å²) in [5.74, 6) is 0. The topological polar surface area (TPSA) is 15.3 Å². The maximum Gasteiger partial charge on any atom is 0.0507 e. The molecule has 1 fully saturated rings. The molecule has 1 atom stereocenters. The lowest BCUT2D eigenvalue weighted by Crippen LogP contribution is -2.50. The van der Waals surface area contributed by atoms with Gasteiger partial charge in [0.1, 0.15) is 0 Å². The minimum absolute atomic E-state index is 0.590. The van der Waals surface area contributed by atoms with Gasteiger partial charge in [0.2, 0.25) is 0 Å². The number of benzene rings is 1. The zero-order chi connectivity index (χ0) is 10.7. The van der Waals surface area contributed by atoms with Gasteiger partial charge in [-0.15, -0.1) is 11.8 Å². The molecule has 1 saturated heterocycles. The molecule has 15 heavy (non-hydrogen) atoms. The van der Waals surface area contributed by atoms with Crippen molar-refractivity contribution in [3.8, 4) is 0 Å². The van der Waals surface area contributed by atoms with Gasteiger partial charge in [-0.3, -0.25) is 0 Å². The van der Waals surface area contributed by atoms with Crippen molar-refractivity contribution in [3.05, 3.63) is 24.3 Å². The Hall–Kier alpha value is -0.670. The van der Waals surface area contributed by atoms with E-state index in [0.717, 1.165) is 19.6 Å². The van der Waals surface area contributed by atoms with Crippen molar-refractivity contribution >= 4 is 17.4 Å². The first-order valence-corrected chi connectivity index (χ1v) is 6.66. The van der Waals surface area contributed by atoms with E-state index in [1.807, 2.05) is 11.8 Å². The van der Waals surface area contributed by atoms with Crippen LogP contribution in [0.4, 0.5) is 5.69 Å². The maximum absolute atomic E-state index is 3.42. The van der Waals surface area contributed by atoms with E-state index in [2.05, 4.69) is 47.7 Å². The third kappa shape index (κ3) is 2.29. The number of nitrogens with zero attached hydrogens (tertiary/aromatic N) is 1. The smallest absolute Gasteiger partial charge is 0.0507 e. The number of piperazine rings is 1. The fraction of sp³-hybridized carbons (Fsp3) is 0.500. The summed E-state index contributed by atoms with van der Waals surface area (Å²) in [5.41, 5.74) is 1.39. The van der Waals surface area contributed by atoms with Crippen molar-refractivity contribution in [1.29, 1.82) is 0 Å². The highest BCUT2D eigenvalue weighted by Crippen LogP contribution is 2.29. The lowest BCUT2D eigenvalue weighted by molar-refractivity contribution is 0.499. The molecule has 1 aromatic rings. The summed E-state index contributed by atoms with van der Waals surface area (Å²) in [7, 11) is 0. The summed E-state index contributed by atoms with van der Waals surface area (Å²) in [5, 5.41) is 3.42.